The molecule has 0 saturated carbocycles. The van der Waals surface area contributed by atoms with Gasteiger partial charge in [0.1, 0.15) is 16.7 Å². The minimum atomic E-state index is -1.04. The highest BCUT2D eigenvalue weighted by Gasteiger charge is 2.22. The summed E-state index contributed by atoms with van der Waals surface area (Å²) < 4.78 is 1.31. The molecule has 1 N–H and O–H groups in total. The number of aromatic nitrogens is 2. The van der Waals surface area contributed by atoms with Gasteiger partial charge in [0.2, 0.25) is 0 Å². The van der Waals surface area contributed by atoms with Gasteiger partial charge in [-0.15, -0.1) is 11.3 Å². The van der Waals surface area contributed by atoms with E-state index in [-0.39, 0.29) is 5.56 Å². The Hall–Kier alpha value is -2.47. The van der Waals surface area contributed by atoms with Crippen molar-refractivity contribution in [1.82, 2.24) is 9.55 Å². The smallest absolute Gasteiger partial charge is 0.326 e. The lowest BCUT2D eigenvalue weighted by molar-refractivity contribution is -0.140. The van der Waals surface area contributed by atoms with Crippen LogP contribution in [0, 0.1) is 0 Å². The van der Waals surface area contributed by atoms with Crippen LogP contribution in [0.3, 0.4) is 0 Å². The second-order valence-corrected chi connectivity index (χ2v) is 6.81. The van der Waals surface area contributed by atoms with Gasteiger partial charge in [0.05, 0.1) is 5.39 Å². The molecule has 0 aliphatic carbocycles. The van der Waals surface area contributed by atoms with Gasteiger partial charge in [-0.05, 0) is 24.5 Å². The van der Waals surface area contributed by atoms with Gasteiger partial charge in [0.15, 0.2) is 0 Å². The lowest BCUT2D eigenvalue weighted by atomic mass is 10.0. The molecule has 5 nitrogen and oxygen atoms in total. The number of thiophene rings is 1. The first kappa shape index (κ1) is 17.4. The van der Waals surface area contributed by atoms with E-state index in [4.69, 9.17) is 0 Å². The summed E-state index contributed by atoms with van der Waals surface area (Å²) in [5.41, 5.74) is 2.70. The number of aliphatic carboxylic acids is 1. The van der Waals surface area contributed by atoms with E-state index in [0.29, 0.717) is 22.5 Å². The van der Waals surface area contributed by atoms with E-state index in [1.165, 1.54) is 28.4 Å². The molecular weight excluding hydrogens is 336 g/mol. The van der Waals surface area contributed by atoms with Crippen molar-refractivity contribution in [3.8, 4) is 11.1 Å². The number of carbonyl (C=O) groups is 1. The summed E-state index contributed by atoms with van der Waals surface area (Å²) in [5, 5.41) is 11.8. The van der Waals surface area contributed by atoms with Crippen LogP contribution in [0.4, 0.5) is 0 Å². The third-order valence-corrected chi connectivity index (χ3v) is 5.32. The van der Waals surface area contributed by atoms with Crippen LogP contribution in [0.25, 0.3) is 21.3 Å². The van der Waals surface area contributed by atoms with Crippen molar-refractivity contribution in [3.63, 3.8) is 0 Å². The van der Waals surface area contributed by atoms with Crippen molar-refractivity contribution in [2.24, 2.45) is 0 Å². The molecule has 1 atom stereocenters. The highest BCUT2D eigenvalue weighted by atomic mass is 32.1. The average Bonchev–Trinajstić information content (AvgIpc) is 3.05. The Morgan fingerprint density at radius 2 is 1.92 bits per heavy atom. The SMILES string of the molecule is CCc1ccc(-c2csc3nc(CC)n(C(C)C(=O)O)c(=O)c23)cc1. The number of nitrogens with zero attached hydrogens (tertiary/aromatic N) is 2. The van der Waals surface area contributed by atoms with E-state index in [1.807, 2.05) is 36.6 Å². The largest absolute Gasteiger partial charge is 0.480 e. The molecule has 130 valence electrons. The van der Waals surface area contributed by atoms with E-state index in [9.17, 15) is 14.7 Å². The molecule has 0 aliphatic heterocycles. The fourth-order valence-corrected chi connectivity index (χ4v) is 3.89. The van der Waals surface area contributed by atoms with Crippen LogP contribution in [-0.2, 0) is 17.6 Å². The zero-order chi connectivity index (χ0) is 18.1. The molecule has 2 heterocycles. The quantitative estimate of drug-likeness (QED) is 0.753. The Labute approximate surface area is 149 Å². The molecule has 0 radical (unpaired) electrons. The van der Waals surface area contributed by atoms with Crippen LogP contribution in [0.5, 0.6) is 0 Å². The predicted molar refractivity (Wildman–Crippen MR) is 100 cm³/mol. The summed E-state index contributed by atoms with van der Waals surface area (Å²) in [6.45, 7) is 5.48. The number of fused-ring (bicyclic) bond motifs is 1. The molecule has 3 rings (SSSR count). The monoisotopic (exact) mass is 356 g/mol. The standard InChI is InChI=1S/C19H20N2O3S/c1-4-12-6-8-13(9-7-12)14-10-25-17-16(14)18(22)21(11(3)19(23)24)15(5-2)20-17/h6-11H,4-5H2,1-3H3,(H,23,24). The van der Waals surface area contributed by atoms with Crippen LogP contribution in [0.2, 0.25) is 0 Å². The highest BCUT2D eigenvalue weighted by molar-refractivity contribution is 7.17. The maximum Gasteiger partial charge on any atom is 0.326 e. The first-order valence-corrected chi connectivity index (χ1v) is 9.20. The van der Waals surface area contributed by atoms with Crippen LogP contribution < -0.4 is 5.56 Å². The first-order chi connectivity index (χ1) is 12.0. The van der Waals surface area contributed by atoms with Crippen LogP contribution >= 0.6 is 11.3 Å². The molecule has 1 aromatic carbocycles. The molecule has 0 saturated heterocycles. The molecule has 3 aromatic rings. The van der Waals surface area contributed by atoms with Crippen LogP contribution in [-0.4, -0.2) is 20.6 Å². The summed E-state index contributed by atoms with van der Waals surface area (Å²) in [5.74, 6) is -0.538. The van der Waals surface area contributed by atoms with Crippen molar-refractivity contribution in [1.29, 1.82) is 0 Å². The summed E-state index contributed by atoms with van der Waals surface area (Å²) in [4.78, 5) is 29.7. The minimum absolute atomic E-state index is 0.285. The zero-order valence-electron chi connectivity index (χ0n) is 14.4. The second kappa shape index (κ2) is 6.80. The maximum absolute atomic E-state index is 13.1. The molecule has 0 bridgehead atoms. The zero-order valence-corrected chi connectivity index (χ0v) is 15.3. The molecule has 0 amide bonds. The summed E-state index contributed by atoms with van der Waals surface area (Å²) in [6.07, 6.45) is 1.45. The van der Waals surface area contributed by atoms with Crippen molar-refractivity contribution >= 4 is 27.5 Å². The molecule has 0 fully saturated rings. The number of hydrogen-bond acceptors (Lipinski definition) is 4. The highest BCUT2D eigenvalue weighted by Crippen LogP contribution is 2.31. The number of rotatable bonds is 5. The second-order valence-electron chi connectivity index (χ2n) is 5.95. The van der Waals surface area contributed by atoms with E-state index in [0.717, 1.165) is 17.5 Å². The van der Waals surface area contributed by atoms with Gasteiger partial charge < -0.3 is 5.11 Å². The minimum Gasteiger partial charge on any atom is -0.480 e. The Kier molecular flexibility index (Phi) is 4.72. The summed E-state index contributed by atoms with van der Waals surface area (Å²) in [7, 11) is 0. The van der Waals surface area contributed by atoms with Crippen LogP contribution in [0.15, 0.2) is 34.4 Å². The number of carboxylic acid groups (broad SMARTS) is 1. The fraction of sp³-hybridized carbons (Fsp3) is 0.316. The normalized spacial score (nSPS) is 12.4. The molecule has 25 heavy (non-hydrogen) atoms. The topological polar surface area (TPSA) is 72.2 Å². The lowest BCUT2D eigenvalue weighted by Gasteiger charge is -2.15. The van der Waals surface area contributed by atoms with Crippen LogP contribution in [0.1, 0.15) is 38.2 Å². The predicted octanol–water partition coefficient (Wildman–Crippen LogP) is 3.90. The maximum atomic E-state index is 13.1. The number of carboxylic acids is 1. The van der Waals surface area contributed by atoms with Crippen molar-refractivity contribution in [3.05, 3.63) is 51.4 Å². The first-order valence-electron chi connectivity index (χ1n) is 8.32. The molecule has 6 heteroatoms. The van der Waals surface area contributed by atoms with E-state index in [1.54, 1.807) is 0 Å². The Bertz CT molecular complexity index is 986. The van der Waals surface area contributed by atoms with Gasteiger partial charge in [0.25, 0.3) is 5.56 Å². The van der Waals surface area contributed by atoms with Crippen molar-refractivity contribution in [2.45, 2.75) is 39.7 Å². The Morgan fingerprint density at radius 1 is 1.24 bits per heavy atom. The van der Waals surface area contributed by atoms with Gasteiger partial charge in [0, 0.05) is 17.4 Å². The van der Waals surface area contributed by atoms with Gasteiger partial charge in [-0.1, -0.05) is 38.1 Å². The fourth-order valence-electron chi connectivity index (χ4n) is 2.94. The summed E-state index contributed by atoms with van der Waals surface area (Å²) in [6, 6.07) is 7.14. The van der Waals surface area contributed by atoms with Crippen molar-refractivity contribution < 1.29 is 9.90 Å². The Balaban J connectivity index is 2.27. The molecule has 2 aromatic heterocycles. The third kappa shape index (κ3) is 2.98. The van der Waals surface area contributed by atoms with Gasteiger partial charge >= 0.3 is 5.97 Å². The number of hydrogen-bond donors (Lipinski definition) is 1. The number of benzene rings is 1. The average molecular weight is 356 g/mol. The molecule has 0 spiro atoms. The lowest BCUT2D eigenvalue weighted by Crippen LogP contribution is -2.31. The van der Waals surface area contributed by atoms with Gasteiger partial charge in [-0.3, -0.25) is 9.36 Å². The van der Waals surface area contributed by atoms with Crippen molar-refractivity contribution in [2.75, 3.05) is 0 Å². The van der Waals surface area contributed by atoms with E-state index in [2.05, 4.69) is 11.9 Å². The molecule has 1 unspecified atom stereocenters. The third-order valence-electron chi connectivity index (χ3n) is 4.45. The Morgan fingerprint density at radius 3 is 2.48 bits per heavy atom. The summed E-state index contributed by atoms with van der Waals surface area (Å²) >= 11 is 1.42. The van der Waals surface area contributed by atoms with Gasteiger partial charge in [-0.2, -0.15) is 0 Å². The molecule has 0 aliphatic rings. The van der Waals surface area contributed by atoms with Gasteiger partial charge in [-0.25, -0.2) is 9.78 Å². The van der Waals surface area contributed by atoms with E-state index < -0.39 is 12.0 Å². The van der Waals surface area contributed by atoms with E-state index >= 15 is 0 Å². The molecular formula is C19H20N2O3S. The number of aryl methyl sites for hydroxylation is 2.